The van der Waals surface area contributed by atoms with Gasteiger partial charge in [-0.3, -0.25) is 4.79 Å². The van der Waals surface area contributed by atoms with Crippen LogP contribution in [0.1, 0.15) is 25.0 Å². The number of halogens is 6. The third-order valence-electron chi connectivity index (χ3n) is 5.13. The summed E-state index contributed by atoms with van der Waals surface area (Å²) < 4.78 is 81.5. The number of esters is 1. The van der Waals surface area contributed by atoms with Gasteiger partial charge in [-0.1, -0.05) is 31.5 Å². The maximum absolute atomic E-state index is 14.3. The Morgan fingerprint density at radius 1 is 1.14 bits per heavy atom. The first kappa shape index (κ1) is 23.3. The monoisotopic (exact) mass is 442 g/mol. The van der Waals surface area contributed by atoms with E-state index in [0.29, 0.717) is 0 Å². The number of rotatable bonds is 6. The number of carbonyl (C=O) groups excluding carboxylic acids is 1. The second kappa shape index (κ2) is 8.01. The topological polar surface area (TPSA) is 44.8 Å². The minimum absolute atomic E-state index is 0.164. The number of ether oxygens (including phenoxy) is 3. The van der Waals surface area contributed by atoms with E-state index in [4.69, 9.17) is 25.8 Å². The van der Waals surface area contributed by atoms with Crippen molar-refractivity contribution in [2.45, 2.75) is 33.6 Å². The first-order valence-corrected chi connectivity index (χ1v) is 8.86. The highest BCUT2D eigenvalue weighted by atomic mass is 35.5. The predicted molar refractivity (Wildman–Crippen MR) is 94.7 cm³/mol. The maximum atomic E-state index is 14.3. The normalized spacial score (nSPS) is 21.0. The molecule has 0 spiro atoms. The molecule has 0 aliphatic heterocycles. The predicted octanol–water partition coefficient (Wildman–Crippen LogP) is 5.29. The van der Waals surface area contributed by atoms with Crippen LogP contribution in [-0.2, 0) is 16.1 Å². The lowest BCUT2D eigenvalue weighted by Gasteiger charge is -2.17. The lowest BCUT2D eigenvalue weighted by molar-refractivity contribution is -0.147. The standard InChI is InChI=1S/C19H20ClF5O4/c1-8-13(21)15(27-4)9(16(28-5)14(8)22)7-29-17(26)12-10(18(12,2)3)6-11(20)19(23,24)25/h6,10,12H,7H2,1-5H3/t10-,12-/m0/s1. The van der Waals surface area contributed by atoms with Crippen LogP contribution in [0.15, 0.2) is 11.1 Å². The molecule has 1 aromatic carbocycles. The smallest absolute Gasteiger partial charge is 0.426 e. The van der Waals surface area contributed by atoms with Gasteiger partial charge in [0.05, 0.1) is 25.7 Å². The van der Waals surface area contributed by atoms with E-state index < -0.39 is 52.7 Å². The van der Waals surface area contributed by atoms with Gasteiger partial charge in [0.1, 0.15) is 11.6 Å². The van der Waals surface area contributed by atoms with Gasteiger partial charge in [0.2, 0.25) is 0 Å². The van der Waals surface area contributed by atoms with Crippen LogP contribution in [0.3, 0.4) is 0 Å². The average Bonchev–Trinajstić information content (AvgIpc) is 3.17. The van der Waals surface area contributed by atoms with Gasteiger partial charge in [-0.15, -0.1) is 0 Å². The maximum Gasteiger partial charge on any atom is 0.426 e. The Hall–Kier alpha value is -2.03. The number of methoxy groups -OCH3 is 2. The van der Waals surface area contributed by atoms with E-state index in [2.05, 4.69) is 0 Å². The molecule has 2 atom stereocenters. The molecule has 0 radical (unpaired) electrons. The number of hydrogen-bond acceptors (Lipinski definition) is 4. The number of benzene rings is 1. The minimum Gasteiger partial charge on any atom is -0.493 e. The van der Waals surface area contributed by atoms with Crippen LogP contribution in [0.25, 0.3) is 0 Å². The zero-order valence-electron chi connectivity index (χ0n) is 16.3. The molecule has 1 aromatic rings. The minimum atomic E-state index is -4.72. The Bertz CT molecular complexity index is 817. The number of carbonyl (C=O) groups is 1. The summed E-state index contributed by atoms with van der Waals surface area (Å²) in [6.07, 6.45) is -3.94. The molecule has 1 aliphatic rings. The van der Waals surface area contributed by atoms with Crippen molar-refractivity contribution in [2.75, 3.05) is 14.2 Å². The highest BCUT2D eigenvalue weighted by Crippen LogP contribution is 2.60. The summed E-state index contributed by atoms with van der Waals surface area (Å²) in [4.78, 5) is 12.4. The quantitative estimate of drug-likeness (QED) is 0.443. The molecule has 29 heavy (non-hydrogen) atoms. The van der Waals surface area contributed by atoms with Gasteiger partial charge >= 0.3 is 12.1 Å². The molecule has 0 amide bonds. The fraction of sp³-hybridized carbons (Fsp3) is 0.526. The van der Waals surface area contributed by atoms with Crippen molar-refractivity contribution in [1.29, 1.82) is 0 Å². The van der Waals surface area contributed by atoms with Crippen molar-refractivity contribution in [3.63, 3.8) is 0 Å². The van der Waals surface area contributed by atoms with Crippen molar-refractivity contribution in [3.8, 4) is 11.5 Å². The highest BCUT2D eigenvalue weighted by molar-refractivity contribution is 6.30. The van der Waals surface area contributed by atoms with Crippen molar-refractivity contribution in [3.05, 3.63) is 33.9 Å². The van der Waals surface area contributed by atoms with E-state index in [1.165, 1.54) is 6.92 Å². The first-order chi connectivity index (χ1) is 13.3. The third kappa shape index (κ3) is 4.29. The zero-order valence-corrected chi connectivity index (χ0v) is 17.1. The average molecular weight is 443 g/mol. The largest absolute Gasteiger partial charge is 0.493 e. The molecule has 162 valence electrons. The van der Waals surface area contributed by atoms with Gasteiger partial charge < -0.3 is 14.2 Å². The Kier molecular flexibility index (Phi) is 6.42. The van der Waals surface area contributed by atoms with Crippen LogP contribution in [0.2, 0.25) is 0 Å². The molecule has 0 bridgehead atoms. The summed E-state index contributed by atoms with van der Waals surface area (Å²) in [7, 11) is 2.31. The van der Waals surface area contributed by atoms with Crippen LogP contribution in [0.5, 0.6) is 11.5 Å². The van der Waals surface area contributed by atoms with Gasteiger partial charge in [-0.25, -0.2) is 8.78 Å². The number of alkyl halides is 3. The number of allylic oxidation sites excluding steroid dienone is 2. The SMILES string of the molecule is COc1c(F)c(C)c(F)c(OC)c1COC(=O)[C@@H]1[C@H](C=C(Cl)C(F)(F)F)C1(C)C. The van der Waals surface area contributed by atoms with Gasteiger partial charge in [-0.05, 0) is 18.3 Å². The van der Waals surface area contributed by atoms with Crippen molar-refractivity contribution in [1.82, 2.24) is 0 Å². The van der Waals surface area contributed by atoms with Gasteiger partial charge in [0, 0.05) is 5.56 Å². The van der Waals surface area contributed by atoms with Crippen molar-refractivity contribution in [2.24, 2.45) is 17.3 Å². The molecular formula is C19H20ClF5O4. The van der Waals surface area contributed by atoms with Crippen molar-refractivity contribution < 1.29 is 41.0 Å². The second-order valence-electron chi connectivity index (χ2n) is 7.24. The molecule has 1 aliphatic carbocycles. The van der Waals surface area contributed by atoms with E-state index in [1.54, 1.807) is 13.8 Å². The molecule has 1 saturated carbocycles. The van der Waals surface area contributed by atoms with Crippen LogP contribution < -0.4 is 9.47 Å². The van der Waals surface area contributed by atoms with Crippen LogP contribution in [0, 0.1) is 35.8 Å². The lowest BCUT2D eigenvalue weighted by Crippen LogP contribution is -2.13. The summed E-state index contributed by atoms with van der Waals surface area (Å²) in [6, 6.07) is 0. The fourth-order valence-electron chi connectivity index (χ4n) is 3.29. The van der Waals surface area contributed by atoms with E-state index in [0.717, 1.165) is 20.3 Å². The molecule has 1 fully saturated rings. The molecule has 0 unspecified atom stereocenters. The Morgan fingerprint density at radius 2 is 1.62 bits per heavy atom. The second-order valence-corrected chi connectivity index (χ2v) is 7.65. The molecule has 10 heteroatoms. The molecule has 0 heterocycles. The molecule has 2 rings (SSSR count). The highest BCUT2D eigenvalue weighted by Gasteiger charge is 2.62. The van der Waals surface area contributed by atoms with Crippen LogP contribution in [-0.4, -0.2) is 26.4 Å². The zero-order chi connectivity index (χ0) is 22.3. The molecule has 0 N–H and O–H groups in total. The molecular weight excluding hydrogens is 423 g/mol. The van der Waals surface area contributed by atoms with Crippen LogP contribution in [0.4, 0.5) is 22.0 Å². The van der Waals surface area contributed by atoms with Crippen molar-refractivity contribution >= 4 is 17.6 Å². The van der Waals surface area contributed by atoms with E-state index in [9.17, 15) is 26.7 Å². The van der Waals surface area contributed by atoms with E-state index in [-0.39, 0.29) is 22.6 Å². The summed E-state index contributed by atoms with van der Waals surface area (Å²) in [6.45, 7) is 3.79. The van der Waals surface area contributed by atoms with Gasteiger partial charge in [0.25, 0.3) is 0 Å². The Labute approximate surface area is 169 Å². The molecule has 0 saturated heterocycles. The first-order valence-electron chi connectivity index (χ1n) is 8.48. The Balaban J connectivity index is 2.24. The third-order valence-corrected chi connectivity index (χ3v) is 5.47. The van der Waals surface area contributed by atoms with Crippen LogP contribution >= 0.6 is 11.6 Å². The fourth-order valence-corrected chi connectivity index (χ4v) is 3.42. The molecule has 4 nitrogen and oxygen atoms in total. The summed E-state index contributed by atoms with van der Waals surface area (Å²) in [5, 5.41) is -1.32. The summed E-state index contributed by atoms with van der Waals surface area (Å²) in [5.74, 6) is -5.15. The van der Waals surface area contributed by atoms with Gasteiger partial charge in [0.15, 0.2) is 23.1 Å². The van der Waals surface area contributed by atoms with E-state index >= 15 is 0 Å². The Morgan fingerprint density at radius 3 is 2.03 bits per heavy atom. The number of hydrogen-bond donors (Lipinski definition) is 0. The van der Waals surface area contributed by atoms with E-state index in [1.807, 2.05) is 0 Å². The lowest BCUT2D eigenvalue weighted by atomic mass is 10.1. The van der Waals surface area contributed by atoms with Gasteiger partial charge in [-0.2, -0.15) is 13.2 Å². The molecule has 0 aromatic heterocycles. The summed E-state index contributed by atoms with van der Waals surface area (Å²) >= 11 is 5.26. The summed E-state index contributed by atoms with van der Waals surface area (Å²) in [5.41, 5.74) is -1.31.